The molecule has 0 fully saturated rings. The maximum Gasteiger partial charge on any atom is 0.409 e. The number of ether oxygens (including phenoxy) is 1. The van der Waals surface area contributed by atoms with Gasteiger partial charge in [-0.3, -0.25) is 24.6 Å². The predicted molar refractivity (Wildman–Crippen MR) is 115 cm³/mol. The van der Waals surface area contributed by atoms with E-state index in [1.165, 1.54) is 41.3 Å². The summed E-state index contributed by atoms with van der Waals surface area (Å²) >= 11 is 0. The molecule has 180 valence electrons. The number of non-ortho nitro benzene ring substituents is 1. The van der Waals surface area contributed by atoms with E-state index in [9.17, 15) is 37.7 Å². The molecule has 3 rings (SSSR count). The first-order valence-corrected chi connectivity index (χ1v) is 9.80. The number of benzene rings is 2. The first-order chi connectivity index (χ1) is 15.9. The molecule has 0 saturated heterocycles. The fraction of sp³-hybridized carbons (Fsp3) is 0.286. The van der Waals surface area contributed by atoms with Gasteiger partial charge in [-0.1, -0.05) is 12.1 Å². The second-order valence-electron chi connectivity index (χ2n) is 7.52. The van der Waals surface area contributed by atoms with Crippen molar-refractivity contribution in [1.29, 1.82) is 0 Å². The molecule has 1 unspecified atom stereocenters. The Balaban J connectivity index is 1.91. The molecule has 0 radical (unpaired) electrons. The lowest BCUT2D eigenvalue weighted by Gasteiger charge is -2.31. The average Bonchev–Trinajstić information content (AvgIpc) is 2.92. The van der Waals surface area contributed by atoms with Crippen LogP contribution in [0.1, 0.15) is 16.8 Å². The Morgan fingerprint density at radius 1 is 1.24 bits per heavy atom. The number of carbonyl (C=O) groups excluding carboxylic acids is 3. The number of amides is 2. The Morgan fingerprint density at radius 3 is 2.53 bits per heavy atom. The number of para-hydroxylation sites is 2. The largest absolute Gasteiger partial charge is 0.452 e. The smallest absolute Gasteiger partial charge is 0.409 e. The van der Waals surface area contributed by atoms with Crippen LogP contribution in [-0.4, -0.2) is 55.6 Å². The van der Waals surface area contributed by atoms with E-state index >= 15 is 0 Å². The van der Waals surface area contributed by atoms with Crippen LogP contribution in [0.4, 0.5) is 35.9 Å². The Bertz CT molecular complexity index is 1150. The number of anilines is 3. The van der Waals surface area contributed by atoms with E-state index in [2.05, 4.69) is 5.32 Å². The van der Waals surface area contributed by atoms with Crippen molar-refractivity contribution in [3.05, 3.63) is 58.1 Å². The van der Waals surface area contributed by atoms with Gasteiger partial charge >= 0.3 is 12.1 Å². The van der Waals surface area contributed by atoms with Crippen LogP contribution in [0.15, 0.2) is 42.5 Å². The molecule has 0 spiro atoms. The minimum Gasteiger partial charge on any atom is -0.452 e. The number of esters is 1. The molecule has 1 N–H and O–H groups in total. The zero-order valence-electron chi connectivity index (χ0n) is 18.0. The van der Waals surface area contributed by atoms with Crippen LogP contribution in [0.2, 0.25) is 0 Å². The summed E-state index contributed by atoms with van der Waals surface area (Å²) in [6.45, 7) is -1.09. The monoisotopic (exact) mass is 480 g/mol. The van der Waals surface area contributed by atoms with Crippen LogP contribution in [0.25, 0.3) is 0 Å². The van der Waals surface area contributed by atoms with Crippen LogP contribution in [-0.2, 0) is 14.3 Å². The lowest BCUT2D eigenvalue weighted by molar-refractivity contribution is -0.384. The summed E-state index contributed by atoms with van der Waals surface area (Å²) in [4.78, 5) is 49.8. The number of nitro groups is 1. The molecule has 0 aliphatic carbocycles. The number of nitrogens with one attached hydrogen (secondary N) is 1. The van der Waals surface area contributed by atoms with E-state index in [4.69, 9.17) is 4.74 Å². The second-order valence-corrected chi connectivity index (χ2v) is 7.52. The van der Waals surface area contributed by atoms with Gasteiger partial charge in [0, 0.05) is 26.2 Å². The zero-order valence-corrected chi connectivity index (χ0v) is 18.0. The third-order valence-corrected chi connectivity index (χ3v) is 4.99. The molecule has 1 aliphatic heterocycles. The minimum atomic E-state index is -4.95. The van der Waals surface area contributed by atoms with Gasteiger partial charge in [0.2, 0.25) is 5.91 Å². The van der Waals surface area contributed by atoms with Gasteiger partial charge in [0.1, 0.15) is 6.04 Å². The normalized spacial score (nSPS) is 15.6. The van der Waals surface area contributed by atoms with Crippen molar-refractivity contribution in [2.24, 2.45) is 0 Å². The van der Waals surface area contributed by atoms with E-state index in [0.29, 0.717) is 4.90 Å². The van der Waals surface area contributed by atoms with E-state index in [1.54, 1.807) is 14.1 Å². The number of nitrogens with zero attached hydrogens (tertiary/aromatic N) is 3. The number of fused-ring (bicyclic) bond motifs is 1. The standard InChI is InChI=1S/C21H19F3N4O6/c1-26(2)15-8-7-12(28(32)33)9-13(15)20(31)34-11-19(30)27-16-6-4-3-5-14(16)25-18(29)10-17(27)21(22,23)24/h3-9,17H,10-11H2,1-2H3,(H,25,29). The Kier molecular flexibility index (Phi) is 6.75. The molecular formula is C21H19F3N4O6. The number of rotatable bonds is 5. The van der Waals surface area contributed by atoms with E-state index < -0.39 is 53.6 Å². The van der Waals surface area contributed by atoms with Crippen molar-refractivity contribution >= 4 is 40.5 Å². The molecule has 2 amide bonds. The highest BCUT2D eigenvalue weighted by atomic mass is 19.4. The van der Waals surface area contributed by atoms with Gasteiger partial charge in [-0.2, -0.15) is 13.2 Å². The van der Waals surface area contributed by atoms with Gasteiger partial charge in [-0.05, 0) is 18.2 Å². The second kappa shape index (κ2) is 9.37. The zero-order chi connectivity index (χ0) is 25.2. The van der Waals surface area contributed by atoms with Gasteiger partial charge < -0.3 is 15.0 Å². The molecule has 10 nitrogen and oxygen atoms in total. The number of hydrogen-bond acceptors (Lipinski definition) is 7. The molecule has 2 aromatic rings. The average molecular weight is 480 g/mol. The highest BCUT2D eigenvalue weighted by Crippen LogP contribution is 2.37. The number of halogens is 3. The summed E-state index contributed by atoms with van der Waals surface area (Å²) in [6, 6.07) is 6.36. The van der Waals surface area contributed by atoms with E-state index in [-0.39, 0.29) is 22.6 Å². The molecule has 1 heterocycles. The van der Waals surface area contributed by atoms with Crippen LogP contribution in [0, 0.1) is 10.1 Å². The molecule has 1 atom stereocenters. The molecule has 1 aliphatic rings. The van der Waals surface area contributed by atoms with Gasteiger partial charge in [0.25, 0.3) is 11.6 Å². The van der Waals surface area contributed by atoms with E-state index in [1.807, 2.05) is 0 Å². The number of alkyl halides is 3. The van der Waals surface area contributed by atoms with Crippen LogP contribution >= 0.6 is 0 Å². The van der Waals surface area contributed by atoms with Crippen LogP contribution in [0.5, 0.6) is 0 Å². The maximum atomic E-state index is 13.8. The van der Waals surface area contributed by atoms with Crippen molar-refractivity contribution in [3.8, 4) is 0 Å². The fourth-order valence-corrected chi connectivity index (χ4v) is 3.46. The first-order valence-electron chi connectivity index (χ1n) is 9.80. The minimum absolute atomic E-state index is 0.00694. The van der Waals surface area contributed by atoms with Gasteiger partial charge in [0.15, 0.2) is 6.61 Å². The SMILES string of the molecule is CN(C)c1ccc([N+](=O)[O-])cc1C(=O)OCC(=O)N1c2ccccc2NC(=O)CC1C(F)(F)F. The molecule has 34 heavy (non-hydrogen) atoms. The highest BCUT2D eigenvalue weighted by molar-refractivity contribution is 6.06. The van der Waals surface area contributed by atoms with Crippen LogP contribution in [0.3, 0.4) is 0 Å². The maximum absolute atomic E-state index is 13.8. The van der Waals surface area contributed by atoms with Crippen LogP contribution < -0.4 is 15.1 Å². The Hall–Kier alpha value is -4.16. The summed E-state index contributed by atoms with van der Waals surface area (Å²) in [5.41, 5.74) is -0.626. The Labute approximate surface area is 191 Å². The molecular weight excluding hydrogens is 461 g/mol. The Morgan fingerprint density at radius 2 is 1.91 bits per heavy atom. The molecule has 0 aromatic heterocycles. The summed E-state index contributed by atoms with van der Waals surface area (Å²) in [7, 11) is 3.13. The number of nitro benzene ring substituents is 1. The lowest BCUT2D eigenvalue weighted by Crippen LogP contribution is -2.51. The topological polar surface area (TPSA) is 122 Å². The quantitative estimate of drug-likeness (QED) is 0.396. The fourth-order valence-electron chi connectivity index (χ4n) is 3.46. The summed E-state index contributed by atoms with van der Waals surface area (Å²) < 4.78 is 46.3. The summed E-state index contributed by atoms with van der Waals surface area (Å²) in [5, 5.41) is 13.4. The third kappa shape index (κ3) is 5.08. The van der Waals surface area contributed by atoms with Gasteiger partial charge in [-0.15, -0.1) is 0 Å². The van der Waals surface area contributed by atoms with Crippen molar-refractivity contribution in [3.63, 3.8) is 0 Å². The number of hydrogen-bond donors (Lipinski definition) is 1. The van der Waals surface area contributed by atoms with Crippen molar-refractivity contribution in [1.82, 2.24) is 0 Å². The van der Waals surface area contributed by atoms with Crippen molar-refractivity contribution < 1.29 is 37.2 Å². The lowest BCUT2D eigenvalue weighted by atomic mass is 10.1. The third-order valence-electron chi connectivity index (χ3n) is 4.99. The molecule has 0 saturated carbocycles. The molecule has 13 heteroatoms. The van der Waals surface area contributed by atoms with Crippen molar-refractivity contribution in [2.45, 2.75) is 18.6 Å². The first kappa shape index (κ1) is 24.5. The molecule has 2 aromatic carbocycles. The van der Waals surface area contributed by atoms with Gasteiger partial charge in [-0.25, -0.2) is 4.79 Å². The highest BCUT2D eigenvalue weighted by Gasteiger charge is 2.49. The summed E-state index contributed by atoms with van der Waals surface area (Å²) in [5.74, 6) is -3.30. The van der Waals surface area contributed by atoms with Crippen molar-refractivity contribution in [2.75, 3.05) is 35.8 Å². The molecule has 0 bridgehead atoms. The van der Waals surface area contributed by atoms with E-state index in [0.717, 1.165) is 6.07 Å². The number of carbonyl (C=O) groups is 3. The summed E-state index contributed by atoms with van der Waals surface area (Å²) in [6.07, 6.45) is -6.00. The van der Waals surface area contributed by atoms with Gasteiger partial charge in [0.05, 0.1) is 34.0 Å². The predicted octanol–water partition coefficient (Wildman–Crippen LogP) is 3.12.